The number of hydrogen-bond donors (Lipinski definition) is 1. The fourth-order valence-corrected chi connectivity index (χ4v) is 6.57. The van der Waals surface area contributed by atoms with Crippen molar-refractivity contribution in [2.75, 3.05) is 0 Å². The number of aliphatic hydroxyl groups is 1. The molecule has 2 rings (SSSR count). The molecule has 0 radical (unpaired) electrons. The molecule has 2 aliphatic rings. The molecule has 1 fully saturated rings. The topological polar surface area (TPSA) is 20.2 Å². The SMILES string of the molecule is CCC(C)[C@@H](CCC[C@@H](O)CCC1CCC(C(C)(C)C)CC1)CCC1=CC[C@@H](I)CC1. The molecule has 1 nitrogen and oxygen atoms in total. The molecular weight excluding hydrogens is 491 g/mol. The highest BCUT2D eigenvalue weighted by Gasteiger charge is 2.29. The standard InChI is InChI=1S/C29H53IO/c1-6-22(2)25(16-10-23-13-19-27(30)20-14-23)8-7-9-28(31)21-15-24-11-17-26(18-12-24)29(3,4)5/h13,22,24-28,31H,6-12,14-21H2,1-5H3/t22?,24?,25-,26?,27+,28+/m0/s1. The Balaban J connectivity index is 1.63. The molecule has 1 unspecified atom stereocenters. The van der Waals surface area contributed by atoms with Gasteiger partial charge in [0.15, 0.2) is 0 Å². The van der Waals surface area contributed by atoms with E-state index < -0.39 is 0 Å². The molecule has 31 heavy (non-hydrogen) atoms. The maximum Gasteiger partial charge on any atom is 0.0540 e. The highest BCUT2D eigenvalue weighted by Crippen LogP contribution is 2.41. The predicted octanol–water partition coefficient (Wildman–Crippen LogP) is 9.51. The van der Waals surface area contributed by atoms with Crippen LogP contribution in [0.15, 0.2) is 11.6 Å². The van der Waals surface area contributed by atoms with Crippen LogP contribution in [0.3, 0.4) is 0 Å². The maximum absolute atomic E-state index is 10.6. The van der Waals surface area contributed by atoms with Gasteiger partial charge in [-0.3, -0.25) is 0 Å². The lowest BCUT2D eigenvalue weighted by atomic mass is 9.69. The van der Waals surface area contributed by atoms with Crippen molar-refractivity contribution in [3.63, 3.8) is 0 Å². The molecule has 0 heterocycles. The first-order valence-electron chi connectivity index (χ1n) is 13.7. The third-order valence-electron chi connectivity index (χ3n) is 8.82. The Morgan fingerprint density at radius 1 is 1.03 bits per heavy atom. The summed E-state index contributed by atoms with van der Waals surface area (Å²) in [6.45, 7) is 12.0. The molecule has 1 N–H and O–H groups in total. The molecule has 2 aliphatic carbocycles. The lowest BCUT2D eigenvalue weighted by Crippen LogP contribution is -2.26. The van der Waals surface area contributed by atoms with E-state index in [4.69, 9.17) is 0 Å². The van der Waals surface area contributed by atoms with Crippen molar-refractivity contribution in [3.05, 3.63) is 11.6 Å². The minimum atomic E-state index is -0.0698. The monoisotopic (exact) mass is 544 g/mol. The summed E-state index contributed by atoms with van der Waals surface area (Å²) in [6, 6.07) is 0. The van der Waals surface area contributed by atoms with E-state index in [1.165, 1.54) is 83.5 Å². The van der Waals surface area contributed by atoms with Crippen LogP contribution in [-0.4, -0.2) is 15.1 Å². The van der Waals surface area contributed by atoms with Crippen molar-refractivity contribution in [3.8, 4) is 0 Å². The second-order valence-corrected chi connectivity index (χ2v) is 13.9. The normalized spacial score (nSPS) is 28.1. The summed E-state index contributed by atoms with van der Waals surface area (Å²) in [6.07, 6.45) is 21.8. The fraction of sp³-hybridized carbons (Fsp3) is 0.931. The Kier molecular flexibility index (Phi) is 12.5. The van der Waals surface area contributed by atoms with Gasteiger partial charge in [-0.1, -0.05) is 101 Å². The van der Waals surface area contributed by atoms with Crippen molar-refractivity contribution in [2.45, 2.75) is 141 Å². The first-order valence-corrected chi connectivity index (χ1v) is 14.9. The second kappa shape index (κ2) is 14.0. The van der Waals surface area contributed by atoms with Crippen LogP contribution in [0.5, 0.6) is 0 Å². The molecule has 0 aromatic rings. The summed E-state index contributed by atoms with van der Waals surface area (Å²) < 4.78 is 0.863. The van der Waals surface area contributed by atoms with Crippen molar-refractivity contribution in [1.29, 1.82) is 0 Å². The average molecular weight is 545 g/mol. The molecular formula is C29H53IO. The summed E-state index contributed by atoms with van der Waals surface area (Å²) in [5.41, 5.74) is 2.20. The molecule has 2 heteroatoms. The van der Waals surface area contributed by atoms with Gasteiger partial charge in [-0.2, -0.15) is 0 Å². The third-order valence-corrected chi connectivity index (χ3v) is 9.95. The second-order valence-electron chi connectivity index (χ2n) is 12.2. The smallest absolute Gasteiger partial charge is 0.0540 e. The minimum absolute atomic E-state index is 0.0698. The lowest BCUT2D eigenvalue weighted by Gasteiger charge is -2.37. The predicted molar refractivity (Wildman–Crippen MR) is 146 cm³/mol. The maximum atomic E-state index is 10.6. The van der Waals surface area contributed by atoms with Gasteiger partial charge in [0.2, 0.25) is 0 Å². The van der Waals surface area contributed by atoms with Crippen LogP contribution in [0.25, 0.3) is 0 Å². The van der Waals surface area contributed by atoms with E-state index in [0.29, 0.717) is 5.41 Å². The van der Waals surface area contributed by atoms with Crippen molar-refractivity contribution in [2.24, 2.45) is 29.1 Å². The van der Waals surface area contributed by atoms with Gasteiger partial charge < -0.3 is 5.11 Å². The van der Waals surface area contributed by atoms with E-state index in [1.807, 2.05) is 0 Å². The zero-order valence-electron chi connectivity index (χ0n) is 21.5. The molecule has 0 spiro atoms. The van der Waals surface area contributed by atoms with Crippen LogP contribution in [0, 0.1) is 29.1 Å². The molecule has 4 atom stereocenters. The van der Waals surface area contributed by atoms with Crippen molar-refractivity contribution in [1.82, 2.24) is 0 Å². The van der Waals surface area contributed by atoms with Gasteiger partial charge in [0.25, 0.3) is 0 Å². The van der Waals surface area contributed by atoms with E-state index in [1.54, 1.807) is 5.57 Å². The van der Waals surface area contributed by atoms with E-state index in [2.05, 4.69) is 63.3 Å². The van der Waals surface area contributed by atoms with Crippen molar-refractivity contribution >= 4 is 22.6 Å². The number of rotatable bonds is 12. The molecule has 182 valence electrons. The molecule has 0 saturated heterocycles. The minimum Gasteiger partial charge on any atom is -0.393 e. The molecule has 0 aliphatic heterocycles. The van der Waals surface area contributed by atoms with Crippen LogP contribution in [-0.2, 0) is 0 Å². The molecule has 0 aromatic carbocycles. The van der Waals surface area contributed by atoms with Crippen LogP contribution < -0.4 is 0 Å². The number of halogens is 1. The van der Waals surface area contributed by atoms with Crippen LogP contribution in [0.2, 0.25) is 0 Å². The Labute approximate surface area is 208 Å². The summed E-state index contributed by atoms with van der Waals surface area (Å²) >= 11 is 2.61. The van der Waals surface area contributed by atoms with E-state index in [-0.39, 0.29) is 6.10 Å². The molecule has 1 saturated carbocycles. The molecule has 0 bridgehead atoms. The number of alkyl halides is 1. The van der Waals surface area contributed by atoms with Gasteiger partial charge in [-0.05, 0) is 93.3 Å². The van der Waals surface area contributed by atoms with Gasteiger partial charge in [0.1, 0.15) is 0 Å². The van der Waals surface area contributed by atoms with Crippen LogP contribution in [0.1, 0.15) is 131 Å². The van der Waals surface area contributed by atoms with Crippen LogP contribution in [0.4, 0.5) is 0 Å². The Morgan fingerprint density at radius 2 is 1.74 bits per heavy atom. The molecule has 0 aromatic heterocycles. The Morgan fingerprint density at radius 3 is 2.32 bits per heavy atom. The van der Waals surface area contributed by atoms with Gasteiger partial charge in [-0.25, -0.2) is 0 Å². The van der Waals surface area contributed by atoms with E-state index >= 15 is 0 Å². The average Bonchev–Trinajstić information content (AvgIpc) is 2.75. The summed E-state index contributed by atoms with van der Waals surface area (Å²) in [7, 11) is 0. The number of aliphatic hydroxyl groups excluding tert-OH is 1. The first kappa shape index (κ1) is 27.7. The third kappa shape index (κ3) is 10.5. The summed E-state index contributed by atoms with van der Waals surface area (Å²) in [5.74, 6) is 3.42. The fourth-order valence-electron chi connectivity index (χ4n) is 6.01. The quantitative estimate of drug-likeness (QED) is 0.147. The van der Waals surface area contributed by atoms with Gasteiger partial charge in [0, 0.05) is 3.92 Å². The first-order chi connectivity index (χ1) is 14.7. The van der Waals surface area contributed by atoms with Crippen molar-refractivity contribution < 1.29 is 5.11 Å². The highest BCUT2D eigenvalue weighted by molar-refractivity contribution is 14.1. The Hall–Kier alpha value is 0.430. The zero-order valence-corrected chi connectivity index (χ0v) is 23.6. The van der Waals surface area contributed by atoms with Gasteiger partial charge >= 0.3 is 0 Å². The van der Waals surface area contributed by atoms with Gasteiger partial charge in [-0.15, -0.1) is 0 Å². The number of hydrogen-bond acceptors (Lipinski definition) is 1. The largest absolute Gasteiger partial charge is 0.393 e. The zero-order chi connectivity index (χ0) is 22.9. The molecule has 0 amide bonds. The highest BCUT2D eigenvalue weighted by atomic mass is 127. The van der Waals surface area contributed by atoms with Crippen LogP contribution >= 0.6 is 22.6 Å². The van der Waals surface area contributed by atoms with E-state index in [0.717, 1.165) is 40.4 Å². The Bertz CT molecular complexity index is 511. The van der Waals surface area contributed by atoms with Gasteiger partial charge in [0.05, 0.1) is 6.10 Å². The lowest BCUT2D eigenvalue weighted by molar-refractivity contribution is 0.114. The summed E-state index contributed by atoms with van der Waals surface area (Å²) in [4.78, 5) is 0. The number of allylic oxidation sites excluding steroid dienone is 2. The summed E-state index contributed by atoms with van der Waals surface area (Å²) in [5, 5.41) is 10.6. The van der Waals surface area contributed by atoms with E-state index in [9.17, 15) is 5.11 Å².